The Balaban J connectivity index is 1.49. The number of nitrogens with zero attached hydrogens (tertiary/aromatic N) is 4. The van der Waals surface area contributed by atoms with Gasteiger partial charge in [-0.05, 0) is 19.3 Å². The van der Waals surface area contributed by atoms with Crippen molar-refractivity contribution in [1.82, 2.24) is 19.4 Å². The minimum Gasteiger partial charge on any atom is -0.341 e. The van der Waals surface area contributed by atoms with Gasteiger partial charge in [-0.15, -0.1) is 0 Å². The Morgan fingerprint density at radius 1 is 1.17 bits per heavy atom. The molecule has 1 aromatic rings. The maximum Gasteiger partial charge on any atom is 0.224 e. The molecule has 5 heteroatoms. The van der Waals surface area contributed by atoms with E-state index in [0.717, 1.165) is 51.0 Å². The molecule has 24 heavy (non-hydrogen) atoms. The molecule has 134 valence electrons. The molecule has 0 unspecified atom stereocenters. The smallest absolute Gasteiger partial charge is 0.224 e. The fraction of sp³-hybridized carbons (Fsp3) is 0.789. The van der Waals surface area contributed by atoms with Crippen LogP contribution in [-0.2, 0) is 11.3 Å². The lowest BCUT2D eigenvalue weighted by Gasteiger charge is -2.27. The fourth-order valence-corrected chi connectivity index (χ4v) is 4.21. The van der Waals surface area contributed by atoms with Crippen molar-refractivity contribution in [3.8, 4) is 0 Å². The first-order valence-electron chi connectivity index (χ1n) is 9.68. The van der Waals surface area contributed by atoms with Crippen LogP contribution < -0.4 is 0 Å². The minimum atomic E-state index is 0.298. The van der Waals surface area contributed by atoms with Crippen LogP contribution in [0.2, 0.25) is 0 Å². The van der Waals surface area contributed by atoms with E-state index in [9.17, 15) is 4.79 Å². The number of aromatic nitrogens is 2. The molecule has 2 fully saturated rings. The number of aryl methyl sites for hydroxylation is 1. The van der Waals surface area contributed by atoms with Crippen LogP contribution in [0.5, 0.6) is 0 Å². The Bertz CT molecular complexity index is 533. The Morgan fingerprint density at radius 2 is 1.96 bits per heavy atom. The zero-order chi connectivity index (χ0) is 16.9. The van der Waals surface area contributed by atoms with Gasteiger partial charge in [0.1, 0.15) is 5.82 Å². The van der Waals surface area contributed by atoms with Gasteiger partial charge in [0.05, 0.1) is 0 Å². The Labute approximate surface area is 146 Å². The second-order valence-corrected chi connectivity index (χ2v) is 7.59. The van der Waals surface area contributed by atoms with Crippen molar-refractivity contribution in [2.45, 2.75) is 70.9 Å². The summed E-state index contributed by atoms with van der Waals surface area (Å²) in [7, 11) is 0. The lowest BCUT2D eigenvalue weighted by molar-refractivity contribution is -0.131. The third-order valence-electron chi connectivity index (χ3n) is 5.55. The Hall–Kier alpha value is -1.36. The fourth-order valence-electron chi connectivity index (χ4n) is 4.21. The van der Waals surface area contributed by atoms with Crippen molar-refractivity contribution in [3.05, 3.63) is 18.2 Å². The summed E-state index contributed by atoms with van der Waals surface area (Å²) in [6.45, 7) is 9.07. The number of rotatable bonds is 5. The highest BCUT2D eigenvalue weighted by molar-refractivity contribution is 5.76. The van der Waals surface area contributed by atoms with Crippen LogP contribution in [0.3, 0.4) is 0 Å². The van der Waals surface area contributed by atoms with Gasteiger partial charge in [-0.3, -0.25) is 9.69 Å². The summed E-state index contributed by atoms with van der Waals surface area (Å²) in [5, 5.41) is 0. The number of imidazole rings is 1. The largest absolute Gasteiger partial charge is 0.341 e. The minimum absolute atomic E-state index is 0.298. The van der Waals surface area contributed by atoms with Crippen molar-refractivity contribution in [3.63, 3.8) is 0 Å². The second-order valence-electron chi connectivity index (χ2n) is 7.59. The predicted octanol–water partition coefficient (Wildman–Crippen LogP) is 2.87. The van der Waals surface area contributed by atoms with E-state index in [1.54, 1.807) is 0 Å². The first-order valence-corrected chi connectivity index (χ1v) is 9.68. The maximum absolute atomic E-state index is 12.6. The van der Waals surface area contributed by atoms with Gasteiger partial charge in [-0.25, -0.2) is 4.98 Å². The molecule has 1 aliphatic carbocycles. The van der Waals surface area contributed by atoms with E-state index in [1.807, 2.05) is 12.4 Å². The van der Waals surface area contributed by atoms with E-state index < -0.39 is 0 Å². The van der Waals surface area contributed by atoms with Gasteiger partial charge >= 0.3 is 0 Å². The first kappa shape index (κ1) is 17.5. The monoisotopic (exact) mass is 332 g/mol. The third kappa shape index (κ3) is 4.18. The van der Waals surface area contributed by atoms with Crippen molar-refractivity contribution >= 4 is 5.91 Å². The molecule has 1 saturated heterocycles. The summed E-state index contributed by atoms with van der Waals surface area (Å²) < 4.78 is 2.13. The van der Waals surface area contributed by atoms with E-state index in [0.29, 0.717) is 18.2 Å². The number of hydrogen-bond donors (Lipinski definition) is 0. The first-order chi connectivity index (χ1) is 11.6. The standard InChI is InChI=1S/C19H32N4O/c1-16(2)19-20-9-13-23(19)12-8-18(24)22-11-5-10-21(14-15-22)17-6-3-4-7-17/h9,13,16-17H,3-8,10-12,14-15H2,1-2H3. The van der Waals surface area contributed by atoms with Crippen molar-refractivity contribution in [2.24, 2.45) is 0 Å². The number of carbonyl (C=O) groups is 1. The highest BCUT2D eigenvalue weighted by Crippen LogP contribution is 2.24. The van der Waals surface area contributed by atoms with E-state index in [1.165, 1.54) is 25.7 Å². The van der Waals surface area contributed by atoms with Gasteiger partial charge in [0.15, 0.2) is 0 Å². The lowest BCUT2D eigenvalue weighted by Crippen LogP contribution is -2.38. The van der Waals surface area contributed by atoms with Gasteiger partial charge < -0.3 is 9.47 Å². The van der Waals surface area contributed by atoms with Crippen molar-refractivity contribution < 1.29 is 4.79 Å². The van der Waals surface area contributed by atoms with Crippen LogP contribution in [0, 0.1) is 0 Å². The van der Waals surface area contributed by atoms with Crippen LogP contribution in [0.1, 0.15) is 64.1 Å². The van der Waals surface area contributed by atoms with Crippen LogP contribution >= 0.6 is 0 Å². The molecule has 1 amide bonds. The number of amides is 1. The van der Waals surface area contributed by atoms with Crippen LogP contribution in [0.25, 0.3) is 0 Å². The molecule has 0 spiro atoms. The summed E-state index contributed by atoms with van der Waals surface area (Å²) in [6.07, 6.45) is 11.0. The zero-order valence-corrected chi connectivity index (χ0v) is 15.3. The molecule has 5 nitrogen and oxygen atoms in total. The molecular weight excluding hydrogens is 300 g/mol. The molecule has 1 aliphatic heterocycles. The highest BCUT2D eigenvalue weighted by atomic mass is 16.2. The average molecular weight is 332 g/mol. The molecule has 1 saturated carbocycles. The molecule has 1 aromatic heterocycles. The van der Waals surface area contributed by atoms with Gasteiger partial charge in [0.2, 0.25) is 5.91 Å². The third-order valence-corrected chi connectivity index (χ3v) is 5.55. The quantitative estimate of drug-likeness (QED) is 0.832. The molecule has 0 N–H and O–H groups in total. The molecule has 0 aromatic carbocycles. The molecule has 2 heterocycles. The van der Waals surface area contributed by atoms with E-state index in [4.69, 9.17) is 0 Å². The van der Waals surface area contributed by atoms with Gasteiger partial charge in [0.25, 0.3) is 0 Å². The average Bonchev–Trinajstić information content (AvgIpc) is 3.20. The van der Waals surface area contributed by atoms with Gasteiger partial charge in [-0.2, -0.15) is 0 Å². The Kier molecular flexibility index (Phi) is 5.93. The predicted molar refractivity (Wildman–Crippen MR) is 96.0 cm³/mol. The summed E-state index contributed by atoms with van der Waals surface area (Å²) in [4.78, 5) is 21.8. The second kappa shape index (κ2) is 8.15. The summed E-state index contributed by atoms with van der Waals surface area (Å²) in [6, 6.07) is 0.777. The number of carbonyl (C=O) groups excluding carboxylic acids is 1. The van der Waals surface area contributed by atoms with Gasteiger partial charge in [-0.1, -0.05) is 26.7 Å². The van der Waals surface area contributed by atoms with Gasteiger partial charge in [0, 0.05) is 63.5 Å². The molecule has 2 aliphatic rings. The summed E-state index contributed by atoms with van der Waals surface area (Å²) >= 11 is 0. The Morgan fingerprint density at radius 3 is 2.71 bits per heavy atom. The molecular formula is C19H32N4O. The molecule has 0 radical (unpaired) electrons. The summed E-state index contributed by atoms with van der Waals surface area (Å²) in [5.41, 5.74) is 0. The van der Waals surface area contributed by atoms with Crippen LogP contribution in [-0.4, -0.2) is 57.5 Å². The van der Waals surface area contributed by atoms with Crippen molar-refractivity contribution in [2.75, 3.05) is 26.2 Å². The topological polar surface area (TPSA) is 41.4 Å². The van der Waals surface area contributed by atoms with Crippen LogP contribution in [0.4, 0.5) is 0 Å². The molecule has 3 rings (SSSR count). The van der Waals surface area contributed by atoms with E-state index in [-0.39, 0.29) is 0 Å². The van der Waals surface area contributed by atoms with E-state index in [2.05, 4.69) is 33.2 Å². The number of hydrogen-bond acceptors (Lipinski definition) is 3. The van der Waals surface area contributed by atoms with Crippen LogP contribution in [0.15, 0.2) is 12.4 Å². The normalized spacial score (nSPS) is 20.7. The molecule has 0 bridgehead atoms. The zero-order valence-electron chi connectivity index (χ0n) is 15.3. The summed E-state index contributed by atoms with van der Waals surface area (Å²) in [5.74, 6) is 1.77. The lowest BCUT2D eigenvalue weighted by atomic mass is 10.2. The van der Waals surface area contributed by atoms with E-state index >= 15 is 0 Å². The van der Waals surface area contributed by atoms with Crippen molar-refractivity contribution in [1.29, 1.82) is 0 Å². The molecule has 0 atom stereocenters. The SMILES string of the molecule is CC(C)c1nccn1CCC(=O)N1CCCN(C2CCCC2)CC1. The highest BCUT2D eigenvalue weighted by Gasteiger charge is 2.26. The maximum atomic E-state index is 12.6.